The van der Waals surface area contributed by atoms with Gasteiger partial charge in [-0.15, -0.1) is 0 Å². The van der Waals surface area contributed by atoms with Gasteiger partial charge in [0.2, 0.25) is 0 Å². The molecule has 16 heavy (non-hydrogen) atoms. The summed E-state index contributed by atoms with van der Waals surface area (Å²) in [5, 5.41) is 3.60. The molecule has 1 aromatic rings. The zero-order valence-electron chi connectivity index (χ0n) is 10.4. The Balaban J connectivity index is 2.49. The van der Waals surface area contributed by atoms with Crippen LogP contribution >= 0.6 is 0 Å². The van der Waals surface area contributed by atoms with Gasteiger partial charge in [0.25, 0.3) is 0 Å². The van der Waals surface area contributed by atoms with Gasteiger partial charge in [-0.3, -0.25) is 0 Å². The number of nitrogens with zero attached hydrogens (tertiary/aromatic N) is 1. The minimum Gasteiger partial charge on any atom is -0.376 e. The van der Waals surface area contributed by atoms with Gasteiger partial charge in [-0.2, -0.15) is 0 Å². The summed E-state index contributed by atoms with van der Waals surface area (Å²) in [7, 11) is 0. The van der Waals surface area contributed by atoms with Crippen molar-refractivity contribution in [2.45, 2.75) is 32.9 Å². The number of likely N-dealkylation sites (N-methyl/N-ethyl adjacent to an activating group) is 1. The number of rotatable bonds is 2. The van der Waals surface area contributed by atoms with E-state index in [4.69, 9.17) is 5.73 Å². The van der Waals surface area contributed by atoms with Crippen LogP contribution in [0.4, 0.5) is 11.4 Å². The number of fused-ring (bicyclic) bond motifs is 1. The van der Waals surface area contributed by atoms with Gasteiger partial charge >= 0.3 is 0 Å². The Kier molecular flexibility index (Phi) is 2.80. The number of para-hydroxylation sites is 1. The molecule has 0 aromatic heterocycles. The number of nitrogens with one attached hydrogen (secondary N) is 1. The Labute approximate surface area is 97.6 Å². The van der Waals surface area contributed by atoms with Crippen LogP contribution in [0.2, 0.25) is 0 Å². The average Bonchev–Trinajstić information content (AvgIpc) is 2.26. The molecule has 0 radical (unpaired) electrons. The van der Waals surface area contributed by atoms with Crippen molar-refractivity contribution >= 4 is 11.4 Å². The molecule has 0 saturated heterocycles. The minimum absolute atomic E-state index is 0.105. The van der Waals surface area contributed by atoms with Gasteiger partial charge in [0.05, 0.1) is 11.4 Å². The van der Waals surface area contributed by atoms with E-state index in [2.05, 4.69) is 49.2 Å². The SMILES string of the molecule is CCN1CC(C)(C)Nc2c(CN)cccc21. The van der Waals surface area contributed by atoms with Gasteiger partial charge in [0, 0.05) is 25.2 Å². The number of anilines is 2. The molecule has 88 valence electrons. The van der Waals surface area contributed by atoms with Crippen molar-refractivity contribution < 1.29 is 0 Å². The van der Waals surface area contributed by atoms with E-state index in [1.54, 1.807) is 0 Å². The van der Waals surface area contributed by atoms with Crippen molar-refractivity contribution in [3.8, 4) is 0 Å². The molecular weight excluding hydrogens is 198 g/mol. The molecule has 0 amide bonds. The van der Waals surface area contributed by atoms with Crippen LogP contribution in [0.3, 0.4) is 0 Å². The van der Waals surface area contributed by atoms with Crippen molar-refractivity contribution in [2.75, 3.05) is 23.3 Å². The second-order valence-electron chi connectivity index (χ2n) is 5.04. The fourth-order valence-corrected chi connectivity index (χ4v) is 2.39. The van der Waals surface area contributed by atoms with Gasteiger partial charge in [-0.05, 0) is 32.4 Å². The van der Waals surface area contributed by atoms with Crippen LogP contribution in [-0.4, -0.2) is 18.6 Å². The quantitative estimate of drug-likeness (QED) is 0.801. The zero-order chi connectivity index (χ0) is 11.8. The summed E-state index contributed by atoms with van der Waals surface area (Å²) >= 11 is 0. The smallest absolute Gasteiger partial charge is 0.0628 e. The summed E-state index contributed by atoms with van der Waals surface area (Å²) in [6.45, 7) is 9.30. The standard InChI is InChI=1S/C13H21N3/c1-4-16-9-13(2,3)15-12-10(8-14)6-5-7-11(12)16/h5-7,15H,4,8-9,14H2,1-3H3. The maximum absolute atomic E-state index is 5.79. The molecular formula is C13H21N3. The molecule has 1 aliphatic rings. The van der Waals surface area contributed by atoms with E-state index < -0.39 is 0 Å². The highest BCUT2D eigenvalue weighted by atomic mass is 15.2. The van der Waals surface area contributed by atoms with Gasteiger partial charge in [-0.25, -0.2) is 0 Å². The molecule has 0 bridgehead atoms. The lowest BCUT2D eigenvalue weighted by molar-refractivity contribution is 0.535. The van der Waals surface area contributed by atoms with Gasteiger partial charge in [0.15, 0.2) is 0 Å². The normalized spacial score (nSPS) is 17.9. The molecule has 0 fully saturated rings. The fraction of sp³-hybridized carbons (Fsp3) is 0.538. The Hall–Kier alpha value is -1.22. The van der Waals surface area contributed by atoms with E-state index >= 15 is 0 Å². The maximum Gasteiger partial charge on any atom is 0.0628 e. The van der Waals surface area contributed by atoms with Gasteiger partial charge in [-0.1, -0.05) is 12.1 Å². The van der Waals surface area contributed by atoms with Gasteiger partial charge in [0.1, 0.15) is 0 Å². The zero-order valence-corrected chi connectivity index (χ0v) is 10.4. The molecule has 0 aliphatic carbocycles. The molecule has 0 atom stereocenters. The Bertz CT molecular complexity index is 385. The molecule has 1 aliphatic heterocycles. The van der Waals surface area contributed by atoms with Crippen molar-refractivity contribution in [2.24, 2.45) is 5.73 Å². The lowest BCUT2D eigenvalue weighted by Crippen LogP contribution is -2.48. The predicted octanol–water partition coefficient (Wildman–Crippen LogP) is 2.18. The first-order valence-corrected chi connectivity index (χ1v) is 5.92. The fourth-order valence-electron chi connectivity index (χ4n) is 2.39. The summed E-state index contributed by atoms with van der Waals surface area (Å²) in [6.07, 6.45) is 0. The van der Waals surface area contributed by atoms with Crippen LogP contribution in [0, 0.1) is 0 Å². The van der Waals surface area contributed by atoms with Crippen molar-refractivity contribution in [3.63, 3.8) is 0 Å². The maximum atomic E-state index is 5.79. The topological polar surface area (TPSA) is 41.3 Å². The van der Waals surface area contributed by atoms with Crippen LogP contribution in [0.1, 0.15) is 26.3 Å². The highest BCUT2D eigenvalue weighted by Crippen LogP contribution is 2.36. The molecule has 2 rings (SSSR count). The Morgan fingerprint density at radius 1 is 1.44 bits per heavy atom. The lowest BCUT2D eigenvalue weighted by Gasteiger charge is -2.42. The monoisotopic (exact) mass is 219 g/mol. The van der Waals surface area contributed by atoms with Crippen molar-refractivity contribution in [1.82, 2.24) is 0 Å². The number of hydrogen-bond donors (Lipinski definition) is 2. The lowest BCUT2D eigenvalue weighted by atomic mass is 9.97. The highest BCUT2D eigenvalue weighted by Gasteiger charge is 2.29. The molecule has 1 heterocycles. The van der Waals surface area contributed by atoms with E-state index in [1.807, 2.05) is 0 Å². The third-order valence-corrected chi connectivity index (χ3v) is 3.12. The molecule has 0 unspecified atom stereocenters. The summed E-state index contributed by atoms with van der Waals surface area (Å²) in [5.74, 6) is 0. The van der Waals surface area contributed by atoms with E-state index in [1.165, 1.54) is 16.9 Å². The molecule has 3 nitrogen and oxygen atoms in total. The van der Waals surface area contributed by atoms with Crippen LogP contribution in [0.5, 0.6) is 0 Å². The van der Waals surface area contributed by atoms with Crippen LogP contribution < -0.4 is 16.0 Å². The molecule has 1 aromatic carbocycles. The second kappa shape index (κ2) is 3.98. The largest absolute Gasteiger partial charge is 0.376 e. The summed E-state index contributed by atoms with van der Waals surface area (Å²) in [4.78, 5) is 2.41. The summed E-state index contributed by atoms with van der Waals surface area (Å²) < 4.78 is 0. The van der Waals surface area contributed by atoms with E-state index in [0.29, 0.717) is 6.54 Å². The molecule has 3 heteroatoms. The van der Waals surface area contributed by atoms with E-state index in [9.17, 15) is 0 Å². The Morgan fingerprint density at radius 3 is 2.81 bits per heavy atom. The third-order valence-electron chi connectivity index (χ3n) is 3.12. The summed E-state index contributed by atoms with van der Waals surface area (Å²) in [6, 6.07) is 6.35. The van der Waals surface area contributed by atoms with Crippen molar-refractivity contribution in [1.29, 1.82) is 0 Å². The minimum atomic E-state index is 0.105. The number of benzene rings is 1. The third kappa shape index (κ3) is 1.87. The van der Waals surface area contributed by atoms with Crippen LogP contribution in [0.25, 0.3) is 0 Å². The van der Waals surface area contributed by atoms with E-state index in [0.717, 1.165) is 13.1 Å². The number of nitrogens with two attached hydrogens (primary N) is 1. The molecule has 0 saturated carbocycles. The van der Waals surface area contributed by atoms with E-state index in [-0.39, 0.29) is 5.54 Å². The highest BCUT2D eigenvalue weighted by molar-refractivity contribution is 5.76. The predicted molar refractivity (Wildman–Crippen MR) is 69.9 cm³/mol. The Morgan fingerprint density at radius 2 is 2.19 bits per heavy atom. The van der Waals surface area contributed by atoms with Crippen LogP contribution in [-0.2, 0) is 6.54 Å². The molecule has 0 spiro atoms. The van der Waals surface area contributed by atoms with Crippen LogP contribution in [0.15, 0.2) is 18.2 Å². The second-order valence-corrected chi connectivity index (χ2v) is 5.04. The average molecular weight is 219 g/mol. The molecule has 3 N–H and O–H groups in total. The first kappa shape index (κ1) is 11.3. The van der Waals surface area contributed by atoms with Gasteiger partial charge < -0.3 is 16.0 Å². The first-order chi connectivity index (χ1) is 7.57. The summed E-state index contributed by atoms with van der Waals surface area (Å²) in [5.41, 5.74) is 9.59. The first-order valence-electron chi connectivity index (χ1n) is 5.92. The van der Waals surface area contributed by atoms with Crippen molar-refractivity contribution in [3.05, 3.63) is 23.8 Å². The number of hydrogen-bond acceptors (Lipinski definition) is 3.